The predicted molar refractivity (Wildman–Crippen MR) is 159 cm³/mol. The Balaban J connectivity index is -0.00000310. The number of aliphatic hydroxyl groups excluding tert-OH is 2. The average Bonchev–Trinajstić information content (AvgIpc) is 3.02. The molecule has 0 amide bonds. The van der Waals surface area contributed by atoms with Crippen LogP contribution >= 0.6 is 0 Å². The van der Waals surface area contributed by atoms with E-state index in [1.807, 2.05) is 27.7 Å². The van der Waals surface area contributed by atoms with Gasteiger partial charge in [-0.1, -0.05) is 40.5 Å². The van der Waals surface area contributed by atoms with E-state index in [-0.39, 0.29) is 105 Å². The summed E-state index contributed by atoms with van der Waals surface area (Å²) in [6.45, 7) is 10.1. The molecule has 2 fully saturated rings. The van der Waals surface area contributed by atoms with Crippen molar-refractivity contribution in [1.82, 2.24) is 0 Å². The molecule has 17 heteroatoms. The van der Waals surface area contributed by atoms with Gasteiger partial charge >= 0.3 is 24.6 Å². The van der Waals surface area contributed by atoms with Crippen LogP contribution in [0.1, 0.15) is 92.9 Å². The molecule has 47 heavy (non-hydrogen) atoms. The van der Waals surface area contributed by atoms with Crippen molar-refractivity contribution in [2.45, 2.75) is 130 Å². The minimum absolute atomic E-state index is 0. The first kappa shape index (κ1) is 50.5. The summed E-state index contributed by atoms with van der Waals surface area (Å²) in [5.41, 5.74) is 0. The molecule has 2 rings (SSSR count). The maximum atomic E-state index is 11.7. The van der Waals surface area contributed by atoms with Crippen LogP contribution in [0.25, 0.3) is 0 Å². The molecule has 2 radical (unpaired) electrons. The second-order valence-corrected chi connectivity index (χ2v) is 9.80. The van der Waals surface area contributed by atoms with Gasteiger partial charge in [0.2, 0.25) is 0 Å². The Bertz CT molecular complexity index is 756. The standard InChI is InChI=1S/C26H42O15.2C2H6.2Y/c1-17(38-23(29)34-11-13-36-25(31)40-21-9-5-3-7-19(21)27)15-33-16-18(2)39-24(30)35-12-14-37-26(32)41-22-10-6-4-8-20(22)28;2*1-2;;/h17-22,27-28H,3-16H2,1-2H3;2*1-2H3;;. The van der Waals surface area contributed by atoms with Gasteiger partial charge in [-0.3, -0.25) is 0 Å². The van der Waals surface area contributed by atoms with Crippen molar-refractivity contribution in [3.63, 3.8) is 0 Å². The van der Waals surface area contributed by atoms with Crippen molar-refractivity contribution in [2.24, 2.45) is 0 Å². The van der Waals surface area contributed by atoms with Crippen LogP contribution in [0.15, 0.2) is 0 Å². The third kappa shape index (κ3) is 25.8. The number of hydrogen-bond donors (Lipinski definition) is 2. The summed E-state index contributed by atoms with van der Waals surface area (Å²) < 4.78 is 44.8. The molecule has 0 aromatic carbocycles. The van der Waals surface area contributed by atoms with E-state index in [0.29, 0.717) is 25.7 Å². The van der Waals surface area contributed by atoms with Gasteiger partial charge in [-0.05, 0) is 52.4 Å². The number of hydrogen-bond acceptors (Lipinski definition) is 15. The summed E-state index contributed by atoms with van der Waals surface area (Å²) in [5.74, 6) is 0. The fourth-order valence-corrected chi connectivity index (χ4v) is 4.11. The van der Waals surface area contributed by atoms with Crippen LogP contribution in [0, 0.1) is 0 Å². The van der Waals surface area contributed by atoms with Gasteiger partial charge in [0.15, 0.2) is 0 Å². The Kier molecular flexibility index (Phi) is 34.8. The van der Waals surface area contributed by atoms with Gasteiger partial charge in [-0.2, -0.15) is 0 Å². The SMILES string of the molecule is CC.CC.CC(COCC(C)OC(=O)OCCOC(=O)OC1CCCCC1O)OC(=O)OCCOC(=O)OC1CCCCC1O.[Y].[Y]. The largest absolute Gasteiger partial charge is 0.508 e. The van der Waals surface area contributed by atoms with Crippen molar-refractivity contribution in [3.8, 4) is 0 Å². The van der Waals surface area contributed by atoms with E-state index in [9.17, 15) is 29.4 Å². The van der Waals surface area contributed by atoms with Crippen molar-refractivity contribution in [2.75, 3.05) is 39.6 Å². The molecule has 2 N–H and O–H groups in total. The predicted octanol–water partition coefficient (Wildman–Crippen LogP) is 5.05. The van der Waals surface area contributed by atoms with E-state index in [1.54, 1.807) is 13.8 Å². The quantitative estimate of drug-likeness (QED) is 0.134. The average molecular weight is 833 g/mol. The number of carbonyl (C=O) groups excluding carboxylic acids is 4. The summed E-state index contributed by atoms with van der Waals surface area (Å²) in [4.78, 5) is 46.8. The molecule has 0 aliphatic heterocycles. The van der Waals surface area contributed by atoms with Gasteiger partial charge in [-0.25, -0.2) is 19.2 Å². The van der Waals surface area contributed by atoms with Crippen molar-refractivity contribution >= 4 is 24.6 Å². The van der Waals surface area contributed by atoms with Gasteiger partial charge < -0.3 is 52.8 Å². The molecule has 0 bridgehead atoms. The van der Waals surface area contributed by atoms with Crippen molar-refractivity contribution in [3.05, 3.63) is 0 Å². The smallest absolute Gasteiger partial charge is 0.431 e. The zero-order valence-electron chi connectivity index (χ0n) is 28.7. The minimum Gasteiger partial charge on any atom is -0.431 e. The molecule has 2 saturated carbocycles. The molecule has 0 spiro atoms. The molecule has 2 aliphatic carbocycles. The molecule has 6 unspecified atom stereocenters. The molecule has 2 aliphatic rings. The summed E-state index contributed by atoms with van der Waals surface area (Å²) in [7, 11) is 0. The summed E-state index contributed by atoms with van der Waals surface area (Å²) in [6, 6.07) is 0. The van der Waals surface area contributed by atoms with Crippen LogP contribution < -0.4 is 0 Å². The molecular formula is C30H54O15Y2. The van der Waals surface area contributed by atoms with Gasteiger partial charge in [0.05, 0.1) is 25.4 Å². The third-order valence-corrected chi connectivity index (χ3v) is 6.18. The molecule has 0 aromatic rings. The maximum absolute atomic E-state index is 11.7. The minimum atomic E-state index is -0.991. The van der Waals surface area contributed by atoms with Crippen molar-refractivity contribution in [1.29, 1.82) is 0 Å². The fourth-order valence-electron chi connectivity index (χ4n) is 4.11. The maximum Gasteiger partial charge on any atom is 0.508 e. The Morgan fingerprint density at radius 1 is 0.553 bits per heavy atom. The fraction of sp³-hybridized carbons (Fsp3) is 0.867. The summed E-state index contributed by atoms with van der Waals surface area (Å²) >= 11 is 0. The normalized spacial score (nSPS) is 20.9. The Labute approximate surface area is 328 Å². The van der Waals surface area contributed by atoms with Crippen LogP contribution in [0.5, 0.6) is 0 Å². The monoisotopic (exact) mass is 832 g/mol. The van der Waals surface area contributed by atoms with Crippen molar-refractivity contribution < 1.29 is 137 Å². The molecule has 0 saturated heterocycles. The van der Waals surface area contributed by atoms with Crippen LogP contribution in [-0.2, 0) is 108 Å². The molecular weight excluding hydrogens is 778 g/mol. The Morgan fingerprint density at radius 2 is 0.851 bits per heavy atom. The Hall–Kier alpha value is -0.832. The summed E-state index contributed by atoms with van der Waals surface area (Å²) in [6.07, 6.45) is -2.12. The molecule has 0 aromatic heterocycles. The second-order valence-electron chi connectivity index (χ2n) is 9.80. The van der Waals surface area contributed by atoms with Crippen LogP contribution in [0.3, 0.4) is 0 Å². The number of aliphatic hydroxyl groups is 2. The van der Waals surface area contributed by atoms with E-state index < -0.39 is 61.2 Å². The second kappa shape index (κ2) is 32.4. The van der Waals surface area contributed by atoms with E-state index in [1.165, 1.54) is 0 Å². The Morgan fingerprint density at radius 3 is 1.17 bits per heavy atom. The third-order valence-electron chi connectivity index (χ3n) is 6.18. The zero-order valence-corrected chi connectivity index (χ0v) is 34.4. The van der Waals surface area contributed by atoms with Gasteiger partial charge in [0.25, 0.3) is 0 Å². The van der Waals surface area contributed by atoms with Gasteiger partial charge in [0, 0.05) is 65.4 Å². The van der Waals surface area contributed by atoms with E-state index in [2.05, 4.69) is 0 Å². The molecule has 270 valence electrons. The number of carbonyl (C=O) groups is 4. The van der Waals surface area contributed by atoms with Crippen LogP contribution in [0.4, 0.5) is 19.2 Å². The molecule has 0 heterocycles. The molecule has 15 nitrogen and oxygen atoms in total. The van der Waals surface area contributed by atoms with Gasteiger partial charge in [0.1, 0.15) is 50.8 Å². The zero-order chi connectivity index (χ0) is 34.0. The van der Waals surface area contributed by atoms with Gasteiger partial charge in [-0.15, -0.1) is 0 Å². The first-order valence-electron chi connectivity index (χ1n) is 15.9. The summed E-state index contributed by atoms with van der Waals surface area (Å²) in [5, 5.41) is 19.6. The van der Waals surface area contributed by atoms with Crippen LogP contribution in [0.2, 0.25) is 0 Å². The van der Waals surface area contributed by atoms with E-state index in [4.69, 9.17) is 42.6 Å². The van der Waals surface area contributed by atoms with E-state index >= 15 is 0 Å². The first-order valence-corrected chi connectivity index (χ1v) is 15.9. The first-order chi connectivity index (χ1) is 21.6. The topological polar surface area (TPSA) is 192 Å². The number of rotatable bonds is 14. The van der Waals surface area contributed by atoms with Crippen LogP contribution in [-0.4, -0.2) is 111 Å². The number of ether oxygens (including phenoxy) is 9. The molecule has 6 atom stereocenters. The van der Waals surface area contributed by atoms with E-state index in [0.717, 1.165) is 25.7 Å².